The molecule has 0 spiro atoms. The van der Waals surface area contributed by atoms with Crippen molar-refractivity contribution in [3.05, 3.63) is 35.4 Å². The summed E-state index contributed by atoms with van der Waals surface area (Å²) in [4.78, 5) is 0.241. The van der Waals surface area contributed by atoms with Crippen LogP contribution in [-0.2, 0) is 15.8 Å². The number of rotatable bonds is 5. The second-order valence-electron chi connectivity index (χ2n) is 5.53. The maximum atomic E-state index is 12.6. The summed E-state index contributed by atoms with van der Waals surface area (Å²) in [7, 11) is -3.31. The van der Waals surface area contributed by atoms with Gasteiger partial charge in [-0.1, -0.05) is 49.8 Å². The summed E-state index contributed by atoms with van der Waals surface area (Å²) in [6, 6.07) is 7.19. The summed E-state index contributed by atoms with van der Waals surface area (Å²) in [6.45, 7) is 3.40. The highest BCUT2D eigenvalue weighted by Gasteiger charge is 2.28. The molecule has 0 atom stereocenters. The van der Waals surface area contributed by atoms with E-state index in [1.54, 1.807) is 16.4 Å². The monoisotopic (exact) mass is 326 g/mol. The van der Waals surface area contributed by atoms with Crippen molar-refractivity contribution in [2.75, 3.05) is 13.1 Å². The topological polar surface area (TPSA) is 63.4 Å². The van der Waals surface area contributed by atoms with Crippen LogP contribution in [0.15, 0.2) is 24.3 Å². The second-order valence-corrected chi connectivity index (χ2v) is 7.94. The molecule has 2 rings (SSSR count). The minimum atomic E-state index is -3.31. The third kappa shape index (κ3) is 4.02. The first-order valence-corrected chi connectivity index (χ1v) is 9.31. The van der Waals surface area contributed by atoms with E-state index in [0.717, 1.165) is 19.3 Å². The fourth-order valence-corrected chi connectivity index (χ4v) is 4.56. The molecule has 0 saturated carbocycles. The van der Waals surface area contributed by atoms with Gasteiger partial charge >= 0.3 is 0 Å². The Labute approximate surface area is 132 Å². The molecule has 0 bridgehead atoms. The lowest BCUT2D eigenvalue weighted by atomic mass is 9.96. The number of nitrogens with zero attached hydrogens (tertiary/aromatic N) is 1. The van der Waals surface area contributed by atoms with E-state index in [0.29, 0.717) is 30.1 Å². The Morgan fingerprint density at radius 2 is 1.95 bits per heavy atom. The van der Waals surface area contributed by atoms with Crippen molar-refractivity contribution in [1.82, 2.24) is 4.31 Å². The molecule has 1 heterocycles. The van der Waals surface area contributed by atoms with Gasteiger partial charge < -0.3 is 5.73 Å². The van der Waals surface area contributed by atoms with Crippen molar-refractivity contribution in [3.8, 4) is 0 Å². The molecule has 2 N–H and O–H groups in total. The van der Waals surface area contributed by atoms with Crippen molar-refractivity contribution in [3.63, 3.8) is 0 Å². The van der Waals surface area contributed by atoms with Crippen molar-refractivity contribution in [2.45, 2.75) is 31.9 Å². The molecule has 1 fully saturated rings. The number of nitrogens with two attached hydrogens (primary N) is 1. The molecule has 6 heteroatoms. The Kier molecular flexibility index (Phi) is 5.35. The quantitative estimate of drug-likeness (QED) is 0.843. The fourth-order valence-electron chi connectivity index (χ4n) is 2.77. The number of hydrogen-bond acceptors (Lipinski definition) is 3. The first kappa shape index (κ1) is 16.4. The summed E-state index contributed by atoms with van der Waals surface area (Å²) in [5.74, 6) is 0.623. The highest BCUT2D eigenvalue weighted by Crippen LogP contribution is 2.24. The fraction of sp³-hybridized carbons (Fsp3) is 0.533. The van der Waals surface area contributed by atoms with Gasteiger partial charge in [0.2, 0.25) is 10.0 Å². The molecule has 0 radical (unpaired) electrons. The van der Waals surface area contributed by atoms with Gasteiger partial charge in [-0.05, 0) is 24.3 Å². The molecule has 1 aliphatic rings. The molecule has 0 unspecified atom stereocenters. The van der Waals surface area contributed by atoms with Crippen LogP contribution in [0.1, 0.15) is 37.3 Å². The SMILES string of the molecule is CCC1CCN(S(=O)(=O)Cc2ccccc2C(N)=S)CC1. The lowest BCUT2D eigenvalue weighted by Gasteiger charge is -2.30. The van der Waals surface area contributed by atoms with Gasteiger partial charge in [-0.3, -0.25) is 0 Å². The first-order valence-electron chi connectivity index (χ1n) is 7.29. The average Bonchev–Trinajstić information content (AvgIpc) is 2.47. The molecule has 1 saturated heterocycles. The normalized spacial score (nSPS) is 17.8. The highest BCUT2D eigenvalue weighted by molar-refractivity contribution is 7.88. The van der Waals surface area contributed by atoms with Gasteiger partial charge in [0.1, 0.15) is 4.99 Å². The van der Waals surface area contributed by atoms with Gasteiger partial charge in [0.25, 0.3) is 0 Å². The largest absolute Gasteiger partial charge is 0.389 e. The van der Waals surface area contributed by atoms with Crippen LogP contribution >= 0.6 is 12.2 Å². The Bertz CT molecular complexity index is 606. The van der Waals surface area contributed by atoms with Crippen molar-refractivity contribution in [1.29, 1.82) is 0 Å². The van der Waals surface area contributed by atoms with Crippen molar-refractivity contribution >= 4 is 27.2 Å². The van der Waals surface area contributed by atoms with E-state index in [1.807, 2.05) is 12.1 Å². The molecule has 1 aliphatic heterocycles. The number of piperidine rings is 1. The Morgan fingerprint density at radius 3 is 2.52 bits per heavy atom. The molecule has 21 heavy (non-hydrogen) atoms. The molecular weight excluding hydrogens is 304 g/mol. The number of benzene rings is 1. The molecule has 4 nitrogen and oxygen atoms in total. The van der Waals surface area contributed by atoms with Gasteiger partial charge in [0.05, 0.1) is 5.75 Å². The van der Waals surface area contributed by atoms with E-state index in [9.17, 15) is 8.42 Å². The summed E-state index contributed by atoms with van der Waals surface area (Å²) >= 11 is 5.00. The van der Waals surface area contributed by atoms with Crippen molar-refractivity contribution in [2.24, 2.45) is 11.7 Å². The van der Waals surface area contributed by atoms with E-state index >= 15 is 0 Å². The van der Waals surface area contributed by atoms with Crippen LogP contribution < -0.4 is 5.73 Å². The zero-order valence-electron chi connectivity index (χ0n) is 12.3. The van der Waals surface area contributed by atoms with E-state index in [1.165, 1.54) is 0 Å². The molecule has 0 aromatic heterocycles. The zero-order valence-corrected chi connectivity index (χ0v) is 13.9. The molecule has 116 valence electrons. The summed E-state index contributed by atoms with van der Waals surface area (Å²) < 4.78 is 26.7. The smallest absolute Gasteiger partial charge is 0.218 e. The predicted molar refractivity (Wildman–Crippen MR) is 89.5 cm³/mol. The maximum absolute atomic E-state index is 12.6. The lowest BCUT2D eigenvalue weighted by molar-refractivity contribution is 0.269. The summed E-state index contributed by atoms with van der Waals surface area (Å²) in [5.41, 5.74) is 7.01. The minimum Gasteiger partial charge on any atom is -0.389 e. The average molecular weight is 326 g/mol. The molecule has 1 aromatic rings. The summed E-state index contributed by atoms with van der Waals surface area (Å²) in [6.07, 6.45) is 3.03. The van der Waals surface area contributed by atoms with Crippen LogP contribution in [0.4, 0.5) is 0 Å². The van der Waals surface area contributed by atoms with E-state index in [2.05, 4.69) is 6.92 Å². The van der Waals surface area contributed by atoms with E-state index in [4.69, 9.17) is 18.0 Å². The van der Waals surface area contributed by atoms with Gasteiger partial charge in [-0.25, -0.2) is 12.7 Å². The number of thiocarbonyl (C=S) groups is 1. The molecule has 0 amide bonds. The predicted octanol–water partition coefficient (Wildman–Crippen LogP) is 2.27. The Balaban J connectivity index is 2.13. The highest BCUT2D eigenvalue weighted by atomic mass is 32.2. The first-order chi connectivity index (χ1) is 9.94. The Hall–Kier alpha value is -0.980. The molecular formula is C15H22N2O2S2. The van der Waals surface area contributed by atoms with E-state index in [-0.39, 0.29) is 10.7 Å². The maximum Gasteiger partial charge on any atom is 0.218 e. The lowest BCUT2D eigenvalue weighted by Crippen LogP contribution is -2.39. The van der Waals surface area contributed by atoms with Gasteiger partial charge in [-0.2, -0.15) is 0 Å². The number of hydrogen-bond donors (Lipinski definition) is 1. The van der Waals surface area contributed by atoms with Crippen LogP contribution in [0, 0.1) is 5.92 Å². The van der Waals surface area contributed by atoms with E-state index < -0.39 is 10.0 Å². The molecule has 1 aromatic carbocycles. The minimum absolute atomic E-state index is 0.0305. The van der Waals surface area contributed by atoms with Gasteiger partial charge in [0, 0.05) is 18.7 Å². The van der Waals surface area contributed by atoms with Crippen molar-refractivity contribution < 1.29 is 8.42 Å². The third-order valence-corrected chi connectivity index (χ3v) is 6.21. The van der Waals surface area contributed by atoms with Crippen LogP contribution in [0.5, 0.6) is 0 Å². The number of sulfonamides is 1. The third-order valence-electron chi connectivity index (χ3n) is 4.16. The standard InChI is InChI=1S/C15H22N2O2S2/c1-2-12-7-9-17(10-8-12)21(18,19)11-13-5-3-4-6-14(13)15(16)20/h3-6,12H,2,7-11H2,1H3,(H2,16,20). The molecule has 0 aliphatic carbocycles. The zero-order chi connectivity index (χ0) is 15.5. The van der Waals surface area contributed by atoms with Crippen LogP contribution in [-0.4, -0.2) is 30.8 Å². The Morgan fingerprint density at radius 1 is 1.33 bits per heavy atom. The van der Waals surface area contributed by atoms with Gasteiger partial charge in [0.15, 0.2) is 0 Å². The van der Waals surface area contributed by atoms with Gasteiger partial charge in [-0.15, -0.1) is 0 Å². The van der Waals surface area contributed by atoms with Crippen LogP contribution in [0.25, 0.3) is 0 Å². The summed E-state index contributed by atoms with van der Waals surface area (Å²) in [5, 5.41) is 0. The van der Waals surface area contributed by atoms with Crippen LogP contribution in [0.3, 0.4) is 0 Å². The van der Waals surface area contributed by atoms with Crippen LogP contribution in [0.2, 0.25) is 0 Å². The second kappa shape index (κ2) is 6.85.